The van der Waals surface area contributed by atoms with Gasteiger partial charge >= 0.3 is 0 Å². The van der Waals surface area contributed by atoms with E-state index in [0.717, 1.165) is 24.3 Å². The van der Waals surface area contributed by atoms with Gasteiger partial charge in [-0.05, 0) is 31.9 Å². The lowest BCUT2D eigenvalue weighted by molar-refractivity contribution is 0.311. The zero-order valence-electron chi connectivity index (χ0n) is 13.4. The van der Waals surface area contributed by atoms with E-state index in [0.29, 0.717) is 29.0 Å². The molecule has 3 aliphatic heterocycles. The topological polar surface area (TPSA) is 50.4 Å². The summed E-state index contributed by atoms with van der Waals surface area (Å²) in [5.41, 5.74) is 4.41. The zero-order chi connectivity index (χ0) is 16.0. The molecule has 0 amide bonds. The van der Waals surface area contributed by atoms with E-state index in [4.69, 9.17) is 21.1 Å². The van der Waals surface area contributed by atoms with Crippen molar-refractivity contribution in [3.63, 3.8) is 0 Å². The summed E-state index contributed by atoms with van der Waals surface area (Å²) in [4.78, 5) is 2.42. The molecule has 2 aromatic rings. The smallest absolute Gasteiger partial charge is 0.179 e. The molecule has 6 heteroatoms. The van der Waals surface area contributed by atoms with Crippen molar-refractivity contribution >= 4 is 17.3 Å². The number of hydrogen-bond donors (Lipinski definition) is 1. The Labute approximate surface area is 140 Å². The molecule has 1 saturated heterocycles. The second-order valence-corrected chi connectivity index (χ2v) is 6.43. The molecule has 2 bridgehead atoms. The Morgan fingerprint density at radius 1 is 1.35 bits per heavy atom. The SMILES string of the molecule is CCOc1cc(-c2n[nH]c3c2N2CCC3CC2)cc(Cl)c1OC. The highest BCUT2D eigenvalue weighted by Gasteiger charge is 2.35. The minimum atomic E-state index is 0.543. The predicted molar refractivity (Wildman–Crippen MR) is 90.9 cm³/mol. The highest BCUT2D eigenvalue weighted by molar-refractivity contribution is 6.32. The minimum absolute atomic E-state index is 0.543. The lowest BCUT2D eigenvalue weighted by Gasteiger charge is -2.40. The highest BCUT2D eigenvalue weighted by Crippen LogP contribution is 2.47. The maximum atomic E-state index is 6.39. The van der Waals surface area contributed by atoms with Gasteiger partial charge in [-0.15, -0.1) is 0 Å². The van der Waals surface area contributed by atoms with E-state index >= 15 is 0 Å². The number of anilines is 1. The number of nitrogens with one attached hydrogen (secondary N) is 1. The van der Waals surface area contributed by atoms with Gasteiger partial charge in [-0.3, -0.25) is 5.10 Å². The van der Waals surface area contributed by atoms with Crippen LogP contribution >= 0.6 is 11.6 Å². The Morgan fingerprint density at radius 2 is 2.13 bits per heavy atom. The van der Waals surface area contributed by atoms with Crippen molar-refractivity contribution in [3.8, 4) is 22.8 Å². The Morgan fingerprint density at radius 3 is 2.83 bits per heavy atom. The standard InChI is InChI=1S/C17H20ClN3O2/c1-3-23-13-9-11(8-12(18)17(13)22-2)15-16-14(19-20-15)10-4-6-21(16)7-5-10/h8-10H,3-7H2,1-2H3,(H,19,20). The van der Waals surface area contributed by atoms with Gasteiger partial charge in [0.2, 0.25) is 0 Å². The van der Waals surface area contributed by atoms with Crippen LogP contribution in [0.25, 0.3) is 11.3 Å². The van der Waals surface area contributed by atoms with Crippen molar-refractivity contribution in [2.45, 2.75) is 25.7 Å². The summed E-state index contributed by atoms with van der Waals surface area (Å²) in [6, 6.07) is 3.87. The van der Waals surface area contributed by atoms with Gasteiger partial charge in [-0.1, -0.05) is 11.6 Å². The van der Waals surface area contributed by atoms with Gasteiger partial charge in [-0.2, -0.15) is 5.10 Å². The third kappa shape index (κ3) is 2.26. The van der Waals surface area contributed by atoms with E-state index in [1.54, 1.807) is 7.11 Å². The van der Waals surface area contributed by atoms with Crippen LogP contribution in [-0.4, -0.2) is 37.0 Å². The van der Waals surface area contributed by atoms with Crippen molar-refractivity contribution in [1.29, 1.82) is 0 Å². The molecule has 1 N–H and O–H groups in total. The van der Waals surface area contributed by atoms with Crippen LogP contribution in [0.15, 0.2) is 12.1 Å². The molecule has 0 atom stereocenters. The van der Waals surface area contributed by atoms with Crippen LogP contribution in [0, 0.1) is 0 Å². The molecule has 3 aliphatic rings. The van der Waals surface area contributed by atoms with Gasteiger partial charge in [0.05, 0.1) is 30.1 Å². The van der Waals surface area contributed by atoms with Gasteiger partial charge in [0.1, 0.15) is 5.69 Å². The number of methoxy groups -OCH3 is 1. The number of nitrogens with zero attached hydrogens (tertiary/aromatic N) is 2. The van der Waals surface area contributed by atoms with Crippen LogP contribution < -0.4 is 14.4 Å². The van der Waals surface area contributed by atoms with Gasteiger partial charge in [-0.25, -0.2) is 0 Å². The van der Waals surface area contributed by atoms with Gasteiger partial charge in [0.15, 0.2) is 11.5 Å². The third-order valence-electron chi connectivity index (χ3n) is 4.77. The van der Waals surface area contributed by atoms with E-state index in [1.807, 2.05) is 19.1 Å². The van der Waals surface area contributed by atoms with E-state index in [9.17, 15) is 0 Å². The number of aromatic amines is 1. The quantitative estimate of drug-likeness (QED) is 0.923. The first-order valence-corrected chi connectivity index (χ1v) is 8.44. The number of hydrogen-bond acceptors (Lipinski definition) is 4. The zero-order valence-corrected chi connectivity index (χ0v) is 14.1. The first kappa shape index (κ1) is 14.7. The number of fused-ring (bicyclic) bond motifs is 2. The van der Waals surface area contributed by atoms with Crippen LogP contribution in [0.4, 0.5) is 5.69 Å². The van der Waals surface area contributed by atoms with Crippen LogP contribution in [0.5, 0.6) is 11.5 Å². The Hall–Kier alpha value is -1.88. The summed E-state index contributed by atoms with van der Waals surface area (Å²) < 4.78 is 11.1. The largest absolute Gasteiger partial charge is 0.491 e. The molecular weight excluding hydrogens is 314 g/mol. The summed E-state index contributed by atoms with van der Waals surface area (Å²) in [6.45, 7) is 4.71. The van der Waals surface area contributed by atoms with Gasteiger partial charge in [0, 0.05) is 24.6 Å². The minimum Gasteiger partial charge on any atom is -0.491 e. The molecule has 1 aromatic carbocycles. The number of halogens is 1. The van der Waals surface area contributed by atoms with Crippen LogP contribution in [0.1, 0.15) is 31.4 Å². The first-order valence-electron chi connectivity index (χ1n) is 8.06. The number of benzene rings is 1. The maximum Gasteiger partial charge on any atom is 0.179 e. The Balaban J connectivity index is 1.83. The fraction of sp³-hybridized carbons (Fsp3) is 0.471. The number of H-pyrrole nitrogens is 1. The van der Waals surface area contributed by atoms with E-state index in [1.165, 1.54) is 24.2 Å². The predicted octanol–water partition coefficient (Wildman–Crippen LogP) is 3.83. The molecule has 0 spiro atoms. The second-order valence-electron chi connectivity index (χ2n) is 6.02. The summed E-state index contributed by atoms with van der Waals surface area (Å²) >= 11 is 6.39. The number of aromatic nitrogens is 2. The van der Waals surface area contributed by atoms with E-state index < -0.39 is 0 Å². The third-order valence-corrected chi connectivity index (χ3v) is 5.05. The Kier molecular flexibility index (Phi) is 3.60. The average Bonchev–Trinajstić information content (AvgIpc) is 3.03. The molecule has 23 heavy (non-hydrogen) atoms. The molecular formula is C17H20ClN3O2. The number of piperidine rings is 1. The van der Waals surface area contributed by atoms with Crippen molar-refractivity contribution in [2.24, 2.45) is 0 Å². The molecule has 1 fully saturated rings. The molecule has 122 valence electrons. The van der Waals surface area contributed by atoms with E-state index in [-0.39, 0.29) is 0 Å². The van der Waals surface area contributed by atoms with Crippen molar-refractivity contribution < 1.29 is 9.47 Å². The summed E-state index contributed by atoms with van der Waals surface area (Å²) in [5.74, 6) is 1.84. The first-order chi connectivity index (χ1) is 11.2. The normalized spacial score (nSPS) is 16.6. The van der Waals surface area contributed by atoms with Crippen molar-refractivity contribution in [1.82, 2.24) is 10.2 Å². The highest BCUT2D eigenvalue weighted by atomic mass is 35.5. The summed E-state index contributed by atoms with van der Waals surface area (Å²) in [5, 5.41) is 8.38. The second kappa shape index (κ2) is 5.64. The molecule has 4 heterocycles. The monoisotopic (exact) mass is 333 g/mol. The fourth-order valence-electron chi connectivity index (χ4n) is 3.71. The molecule has 1 aromatic heterocycles. The average molecular weight is 334 g/mol. The molecule has 5 nitrogen and oxygen atoms in total. The number of ether oxygens (including phenoxy) is 2. The van der Waals surface area contributed by atoms with Crippen molar-refractivity contribution in [2.75, 3.05) is 31.7 Å². The fourth-order valence-corrected chi connectivity index (χ4v) is 4.00. The van der Waals surface area contributed by atoms with Gasteiger partial charge < -0.3 is 14.4 Å². The molecule has 0 saturated carbocycles. The van der Waals surface area contributed by atoms with Crippen LogP contribution in [0.3, 0.4) is 0 Å². The molecule has 5 rings (SSSR count). The van der Waals surface area contributed by atoms with Crippen LogP contribution in [0.2, 0.25) is 5.02 Å². The van der Waals surface area contributed by atoms with Gasteiger partial charge in [0.25, 0.3) is 0 Å². The summed E-state index contributed by atoms with van der Waals surface area (Å²) in [7, 11) is 1.60. The lowest BCUT2D eigenvalue weighted by Crippen LogP contribution is -2.38. The maximum absolute atomic E-state index is 6.39. The van der Waals surface area contributed by atoms with E-state index in [2.05, 4.69) is 15.1 Å². The van der Waals surface area contributed by atoms with Crippen molar-refractivity contribution in [3.05, 3.63) is 22.8 Å². The molecule has 0 radical (unpaired) electrons. The lowest BCUT2D eigenvalue weighted by atomic mass is 9.86. The van der Waals surface area contributed by atoms with Crippen LogP contribution in [-0.2, 0) is 0 Å². The summed E-state index contributed by atoms with van der Waals surface area (Å²) in [6.07, 6.45) is 2.42. The Bertz CT molecular complexity index is 736. The number of rotatable bonds is 4. The molecule has 0 aliphatic carbocycles. The molecule has 0 unspecified atom stereocenters.